The quantitative estimate of drug-likeness (QED) is 0.283. The van der Waals surface area contributed by atoms with Gasteiger partial charge < -0.3 is 4.90 Å². The Morgan fingerprint density at radius 1 is 1.03 bits per heavy atom. The number of anilines is 2. The Labute approximate surface area is 202 Å². The van der Waals surface area contributed by atoms with Crippen LogP contribution < -0.4 is 15.8 Å². The van der Waals surface area contributed by atoms with E-state index in [4.69, 9.17) is 0 Å². The van der Waals surface area contributed by atoms with Crippen molar-refractivity contribution in [3.8, 4) is 0 Å². The number of halogens is 3. The van der Waals surface area contributed by atoms with Gasteiger partial charge in [-0.25, -0.2) is 14.7 Å². The molecule has 4 rings (SSSR count). The highest BCUT2D eigenvalue weighted by molar-refractivity contribution is 8.00. The molecule has 0 saturated carbocycles. The van der Waals surface area contributed by atoms with E-state index in [0.29, 0.717) is 16.9 Å². The van der Waals surface area contributed by atoms with Gasteiger partial charge in [0, 0.05) is 23.2 Å². The number of carbonyl (C=O) groups excluding carboxylic acids is 3. The third-order valence-corrected chi connectivity index (χ3v) is 5.64. The Balaban J connectivity index is 1.39. The van der Waals surface area contributed by atoms with E-state index in [1.807, 2.05) is 0 Å². The first kappa shape index (κ1) is 24.1. The van der Waals surface area contributed by atoms with Crippen LogP contribution in [0.25, 0.3) is 0 Å². The topological polar surface area (TPSA) is 94.6 Å². The molecule has 1 aliphatic rings. The molecule has 0 spiro atoms. The maximum atomic E-state index is 12.8. The molecular formula is C23H18F3N5O3S. The highest BCUT2D eigenvalue weighted by Gasteiger charge is 2.37. The number of hydrazine groups is 1. The minimum atomic E-state index is -4.43. The average Bonchev–Trinajstić information content (AvgIpc) is 3.10. The van der Waals surface area contributed by atoms with Crippen LogP contribution in [-0.4, -0.2) is 39.8 Å². The maximum absolute atomic E-state index is 12.8. The number of hydrogen-bond donors (Lipinski definition) is 2. The van der Waals surface area contributed by atoms with Crippen LogP contribution in [0.2, 0.25) is 0 Å². The van der Waals surface area contributed by atoms with E-state index in [9.17, 15) is 27.6 Å². The molecule has 35 heavy (non-hydrogen) atoms. The van der Waals surface area contributed by atoms with E-state index in [0.717, 1.165) is 4.90 Å². The van der Waals surface area contributed by atoms with Gasteiger partial charge in [-0.3, -0.25) is 20.4 Å². The van der Waals surface area contributed by atoms with Crippen LogP contribution in [-0.2, 0) is 11.3 Å². The van der Waals surface area contributed by atoms with Crippen molar-refractivity contribution in [3.63, 3.8) is 0 Å². The largest absolute Gasteiger partial charge is 0.446 e. The summed E-state index contributed by atoms with van der Waals surface area (Å²) < 4.78 is 37.6. The third-order valence-electron chi connectivity index (χ3n) is 4.90. The van der Waals surface area contributed by atoms with Crippen molar-refractivity contribution >= 4 is 41.1 Å². The lowest BCUT2D eigenvalue weighted by atomic mass is 10.2. The average molecular weight is 501 g/mol. The van der Waals surface area contributed by atoms with Gasteiger partial charge in [0.2, 0.25) is 0 Å². The van der Waals surface area contributed by atoms with E-state index < -0.39 is 17.4 Å². The summed E-state index contributed by atoms with van der Waals surface area (Å²) in [4.78, 5) is 43.8. The molecule has 2 aromatic carbocycles. The number of pyridine rings is 1. The van der Waals surface area contributed by atoms with Crippen molar-refractivity contribution in [2.45, 2.75) is 16.9 Å². The summed E-state index contributed by atoms with van der Waals surface area (Å²) in [5.41, 5.74) is 2.11. The van der Waals surface area contributed by atoms with Gasteiger partial charge in [0.25, 0.3) is 11.8 Å². The Morgan fingerprint density at radius 3 is 2.43 bits per heavy atom. The van der Waals surface area contributed by atoms with Crippen molar-refractivity contribution < 1.29 is 27.6 Å². The molecule has 0 unspecified atom stereocenters. The number of imide groups is 1. The van der Waals surface area contributed by atoms with Gasteiger partial charge >= 0.3 is 11.5 Å². The summed E-state index contributed by atoms with van der Waals surface area (Å²) in [6, 6.07) is 16.3. The van der Waals surface area contributed by atoms with E-state index >= 15 is 0 Å². The molecule has 3 aromatic rings. The highest BCUT2D eigenvalue weighted by Crippen LogP contribution is 2.37. The van der Waals surface area contributed by atoms with Gasteiger partial charge in [0.15, 0.2) is 0 Å². The van der Waals surface area contributed by atoms with Crippen molar-refractivity contribution in [1.82, 2.24) is 15.3 Å². The standard InChI is InChI=1S/C23H18F3N5O3S/c24-23(25,26)35-18-8-6-17(7-9-18)31-20(32)14-30(22(31)34)13-15-10-11-27-19(12-15)28-29-21(33)16-4-2-1-3-5-16/h1-12H,13-14H2,(H,27,28)(H,29,33). The van der Waals surface area contributed by atoms with Gasteiger partial charge in [-0.05, 0) is 65.9 Å². The minimum absolute atomic E-state index is 0.0478. The summed E-state index contributed by atoms with van der Waals surface area (Å²) in [6.45, 7) is -0.0966. The number of aromatic nitrogens is 1. The number of amides is 4. The molecule has 180 valence electrons. The second kappa shape index (κ2) is 10.1. The van der Waals surface area contributed by atoms with Crippen LogP contribution in [0.5, 0.6) is 0 Å². The predicted octanol–water partition coefficient (Wildman–Crippen LogP) is 4.42. The van der Waals surface area contributed by atoms with Gasteiger partial charge in [0.05, 0.1) is 5.69 Å². The maximum Gasteiger partial charge on any atom is 0.446 e. The molecule has 2 heterocycles. The molecule has 8 nitrogen and oxygen atoms in total. The number of alkyl halides is 3. The Hall–Kier alpha value is -4.06. The summed E-state index contributed by atoms with van der Waals surface area (Å²) in [6.07, 6.45) is 1.49. The zero-order chi connectivity index (χ0) is 25.0. The van der Waals surface area contributed by atoms with Gasteiger partial charge in [-0.1, -0.05) is 18.2 Å². The minimum Gasteiger partial charge on any atom is -0.310 e. The Bertz CT molecular complexity index is 1240. The molecule has 0 radical (unpaired) electrons. The van der Waals surface area contributed by atoms with Crippen LogP contribution in [0.1, 0.15) is 15.9 Å². The summed E-state index contributed by atoms with van der Waals surface area (Å²) >= 11 is -0.275. The number of rotatable bonds is 7. The van der Waals surface area contributed by atoms with E-state index in [1.165, 1.54) is 35.4 Å². The molecule has 0 atom stereocenters. The van der Waals surface area contributed by atoms with E-state index in [-0.39, 0.29) is 41.3 Å². The Morgan fingerprint density at radius 2 is 1.74 bits per heavy atom. The molecule has 1 aromatic heterocycles. The second-order valence-corrected chi connectivity index (χ2v) is 8.54. The third kappa shape index (κ3) is 6.09. The number of benzene rings is 2. The number of thioether (sulfide) groups is 1. The number of carbonyl (C=O) groups is 3. The predicted molar refractivity (Wildman–Crippen MR) is 123 cm³/mol. The van der Waals surface area contributed by atoms with Crippen molar-refractivity contribution in [3.05, 3.63) is 84.1 Å². The monoisotopic (exact) mass is 501 g/mol. The Kier molecular flexibility index (Phi) is 6.92. The van der Waals surface area contributed by atoms with Crippen molar-refractivity contribution in [2.24, 2.45) is 0 Å². The molecule has 1 fully saturated rings. The van der Waals surface area contributed by atoms with E-state index in [2.05, 4.69) is 15.8 Å². The number of nitrogens with one attached hydrogen (secondary N) is 2. The van der Waals surface area contributed by atoms with Crippen LogP contribution in [0.15, 0.2) is 77.8 Å². The van der Waals surface area contributed by atoms with Crippen LogP contribution in [0, 0.1) is 0 Å². The number of nitrogens with zero attached hydrogens (tertiary/aromatic N) is 3. The number of urea groups is 1. The van der Waals surface area contributed by atoms with Crippen LogP contribution in [0.3, 0.4) is 0 Å². The molecule has 12 heteroatoms. The summed E-state index contributed by atoms with van der Waals surface area (Å²) in [7, 11) is 0. The van der Waals surface area contributed by atoms with Crippen molar-refractivity contribution in [1.29, 1.82) is 0 Å². The lowest BCUT2D eigenvalue weighted by molar-refractivity contribution is -0.116. The van der Waals surface area contributed by atoms with Gasteiger partial charge in [0.1, 0.15) is 12.4 Å². The lowest BCUT2D eigenvalue weighted by Crippen LogP contribution is -2.33. The van der Waals surface area contributed by atoms with Crippen LogP contribution >= 0.6 is 11.8 Å². The van der Waals surface area contributed by atoms with Crippen LogP contribution in [0.4, 0.5) is 29.5 Å². The normalized spacial score (nSPS) is 13.8. The molecule has 0 aliphatic carbocycles. The second-order valence-electron chi connectivity index (χ2n) is 7.40. The fraction of sp³-hybridized carbons (Fsp3) is 0.130. The molecular weight excluding hydrogens is 483 g/mol. The highest BCUT2D eigenvalue weighted by atomic mass is 32.2. The lowest BCUT2D eigenvalue weighted by Gasteiger charge is -2.18. The first-order chi connectivity index (χ1) is 16.7. The summed E-state index contributed by atoms with van der Waals surface area (Å²) in [5, 5.41) is 0. The van der Waals surface area contributed by atoms with E-state index in [1.54, 1.807) is 42.5 Å². The van der Waals surface area contributed by atoms with Crippen molar-refractivity contribution in [2.75, 3.05) is 16.9 Å². The number of hydrogen-bond acceptors (Lipinski definition) is 6. The van der Waals surface area contributed by atoms with Gasteiger partial charge in [-0.15, -0.1) is 0 Å². The SMILES string of the molecule is O=C(NNc1cc(CN2CC(=O)N(c3ccc(SC(F)(F)F)cc3)C2=O)ccn1)c1ccccc1. The fourth-order valence-corrected chi connectivity index (χ4v) is 3.91. The zero-order valence-electron chi connectivity index (χ0n) is 18.0. The first-order valence-electron chi connectivity index (χ1n) is 10.2. The molecule has 1 saturated heterocycles. The molecule has 0 bridgehead atoms. The molecule has 1 aliphatic heterocycles. The smallest absolute Gasteiger partial charge is 0.310 e. The zero-order valence-corrected chi connectivity index (χ0v) is 18.8. The first-order valence-corrected chi connectivity index (χ1v) is 11.1. The summed E-state index contributed by atoms with van der Waals surface area (Å²) in [5.74, 6) is -0.512. The fourth-order valence-electron chi connectivity index (χ4n) is 3.37. The van der Waals surface area contributed by atoms with Gasteiger partial charge in [-0.2, -0.15) is 13.2 Å². The molecule has 2 N–H and O–H groups in total. The molecule has 4 amide bonds.